The summed E-state index contributed by atoms with van der Waals surface area (Å²) in [5.41, 5.74) is 0. The van der Waals surface area contributed by atoms with Crippen LogP contribution in [0.2, 0.25) is 0 Å². The zero-order chi connectivity index (χ0) is 19.2. The van der Waals surface area contributed by atoms with Crippen molar-refractivity contribution >= 4 is 10.0 Å². The molecule has 0 aromatic rings. The molecule has 6 heteroatoms. The quantitative estimate of drug-likeness (QED) is 0.172. The van der Waals surface area contributed by atoms with Crippen molar-refractivity contribution in [2.24, 2.45) is 0 Å². The van der Waals surface area contributed by atoms with Crippen LogP contribution in [-0.4, -0.2) is 64.2 Å². The van der Waals surface area contributed by atoms with Crippen molar-refractivity contribution in [2.75, 3.05) is 47.0 Å². The predicted molar refractivity (Wildman–Crippen MR) is 110 cm³/mol. The fourth-order valence-corrected chi connectivity index (χ4v) is 4.10. The minimum atomic E-state index is -3.07. The molecule has 0 saturated carbocycles. The summed E-state index contributed by atoms with van der Waals surface area (Å²) >= 11 is 0. The van der Waals surface area contributed by atoms with E-state index in [-0.39, 0.29) is 24.0 Å². The molecule has 0 N–H and O–H groups in total. The lowest BCUT2D eigenvalue weighted by Crippen LogP contribution is -3.00. The number of halogens is 1. The zero-order valence-electron chi connectivity index (χ0n) is 18.1. The van der Waals surface area contributed by atoms with Crippen molar-refractivity contribution in [3.8, 4) is 0 Å². The Morgan fingerprint density at radius 3 is 1.50 bits per heavy atom. The molecule has 0 radical (unpaired) electrons. The largest absolute Gasteiger partial charge is 1.00 e. The van der Waals surface area contributed by atoms with E-state index in [1.54, 1.807) is 7.05 Å². The van der Waals surface area contributed by atoms with Crippen LogP contribution in [0.15, 0.2) is 0 Å². The van der Waals surface area contributed by atoms with Gasteiger partial charge in [-0.25, -0.2) is 8.42 Å². The molecule has 0 saturated heterocycles. The van der Waals surface area contributed by atoms with Gasteiger partial charge in [0.1, 0.15) is 0 Å². The van der Waals surface area contributed by atoms with Crippen molar-refractivity contribution in [1.82, 2.24) is 4.31 Å². The summed E-state index contributed by atoms with van der Waals surface area (Å²) in [5, 5.41) is 0. The second kappa shape index (κ2) is 16.5. The van der Waals surface area contributed by atoms with Crippen LogP contribution in [0, 0.1) is 0 Å². The first kappa shape index (κ1) is 28.8. The molecule has 4 nitrogen and oxygen atoms in total. The third-order valence-corrected chi connectivity index (χ3v) is 6.75. The third-order valence-electron chi connectivity index (χ3n) is 4.82. The summed E-state index contributed by atoms with van der Waals surface area (Å²) in [6.07, 6.45) is 15.2. The van der Waals surface area contributed by atoms with Crippen molar-refractivity contribution in [2.45, 2.75) is 84.0 Å². The number of hydrogen-bond donors (Lipinski definition) is 0. The molecule has 0 atom stereocenters. The van der Waals surface area contributed by atoms with Gasteiger partial charge in [-0.15, -0.1) is 0 Å². The highest BCUT2D eigenvalue weighted by molar-refractivity contribution is 7.89. The second-order valence-electron chi connectivity index (χ2n) is 8.54. The Labute approximate surface area is 181 Å². The molecular formula is C20H45IN2O2S. The highest BCUT2D eigenvalue weighted by Crippen LogP contribution is 2.12. The number of sulfonamides is 1. The molecule has 0 aromatic heterocycles. The summed E-state index contributed by atoms with van der Waals surface area (Å²) in [7, 11) is 4.91. The predicted octanol–water partition coefficient (Wildman–Crippen LogP) is 1.66. The van der Waals surface area contributed by atoms with E-state index in [9.17, 15) is 8.42 Å². The van der Waals surface area contributed by atoms with E-state index in [1.807, 2.05) is 0 Å². The first-order valence-corrected chi connectivity index (χ1v) is 12.0. The number of rotatable bonds is 17. The fourth-order valence-electron chi connectivity index (χ4n) is 2.86. The molecule has 0 aromatic carbocycles. The van der Waals surface area contributed by atoms with E-state index in [4.69, 9.17) is 0 Å². The highest BCUT2D eigenvalue weighted by atomic mass is 127. The Bertz CT molecular complexity index is 409. The molecule has 0 spiro atoms. The van der Waals surface area contributed by atoms with Gasteiger partial charge in [-0.05, 0) is 6.42 Å². The fraction of sp³-hybridized carbons (Fsp3) is 1.00. The van der Waals surface area contributed by atoms with Crippen LogP contribution in [0.4, 0.5) is 0 Å². The van der Waals surface area contributed by atoms with E-state index in [0.717, 1.165) is 23.9 Å². The minimum absolute atomic E-state index is 0. The Morgan fingerprint density at radius 1 is 0.731 bits per heavy atom. The Morgan fingerprint density at radius 2 is 1.12 bits per heavy atom. The Balaban J connectivity index is 0. The van der Waals surface area contributed by atoms with Gasteiger partial charge in [0.25, 0.3) is 0 Å². The maximum atomic E-state index is 12.2. The van der Waals surface area contributed by atoms with Gasteiger partial charge in [0.2, 0.25) is 10.0 Å². The normalized spacial score (nSPS) is 12.4. The SMILES string of the molecule is CCCCCCCCCCCCCCS(=O)(=O)N(C)CC[N+](C)(C)C.[I-]. The van der Waals surface area contributed by atoms with E-state index < -0.39 is 10.0 Å². The smallest absolute Gasteiger partial charge is 0.214 e. The molecule has 0 rings (SSSR count). The summed E-state index contributed by atoms with van der Waals surface area (Å²) in [6.45, 7) is 3.70. The second-order valence-corrected chi connectivity index (χ2v) is 10.7. The lowest BCUT2D eigenvalue weighted by Gasteiger charge is -2.26. The molecule has 0 amide bonds. The topological polar surface area (TPSA) is 37.4 Å². The maximum absolute atomic E-state index is 12.2. The molecule has 0 aliphatic heterocycles. The number of unbranched alkanes of at least 4 members (excludes halogenated alkanes) is 11. The van der Waals surface area contributed by atoms with Gasteiger partial charge in [-0.1, -0.05) is 77.6 Å². The summed E-state index contributed by atoms with van der Waals surface area (Å²) < 4.78 is 26.8. The average molecular weight is 505 g/mol. The van der Waals surface area contributed by atoms with Crippen molar-refractivity contribution in [3.05, 3.63) is 0 Å². The van der Waals surface area contributed by atoms with Gasteiger partial charge >= 0.3 is 0 Å². The lowest BCUT2D eigenvalue weighted by molar-refractivity contribution is -0.869. The van der Waals surface area contributed by atoms with Crippen molar-refractivity contribution in [1.29, 1.82) is 0 Å². The molecule has 0 aliphatic carbocycles. The molecule has 0 unspecified atom stereocenters. The molecule has 0 aliphatic rings. The first-order chi connectivity index (χ1) is 11.7. The van der Waals surface area contributed by atoms with E-state index in [0.29, 0.717) is 12.3 Å². The number of nitrogens with zero attached hydrogens (tertiary/aromatic N) is 2. The average Bonchev–Trinajstić information content (AvgIpc) is 2.52. The van der Waals surface area contributed by atoms with E-state index in [2.05, 4.69) is 28.1 Å². The number of hydrogen-bond acceptors (Lipinski definition) is 2. The summed E-state index contributed by atoms with van der Waals surface area (Å²) in [5.74, 6) is 0.304. The first-order valence-electron chi connectivity index (χ1n) is 10.4. The summed E-state index contributed by atoms with van der Waals surface area (Å²) in [6, 6.07) is 0. The van der Waals surface area contributed by atoms with Gasteiger partial charge < -0.3 is 28.5 Å². The molecule has 0 heterocycles. The maximum Gasteiger partial charge on any atom is 0.214 e. The molecule has 26 heavy (non-hydrogen) atoms. The van der Waals surface area contributed by atoms with Crippen LogP contribution in [0.1, 0.15) is 84.0 Å². The van der Waals surface area contributed by atoms with E-state index >= 15 is 0 Å². The van der Waals surface area contributed by atoms with Crippen LogP contribution in [0.5, 0.6) is 0 Å². The van der Waals surface area contributed by atoms with Crippen molar-refractivity contribution < 1.29 is 36.9 Å². The Hall–Kier alpha value is 0.600. The van der Waals surface area contributed by atoms with Crippen LogP contribution in [-0.2, 0) is 10.0 Å². The Kier molecular flexibility index (Phi) is 18.3. The van der Waals surface area contributed by atoms with Gasteiger partial charge in [0.05, 0.1) is 40.0 Å². The van der Waals surface area contributed by atoms with Gasteiger partial charge in [0.15, 0.2) is 0 Å². The van der Waals surface area contributed by atoms with Gasteiger partial charge in [-0.3, -0.25) is 0 Å². The number of likely N-dealkylation sites (N-methyl/N-ethyl adjacent to an activating group) is 2. The van der Waals surface area contributed by atoms with Crippen LogP contribution in [0.3, 0.4) is 0 Å². The monoisotopic (exact) mass is 504 g/mol. The van der Waals surface area contributed by atoms with Gasteiger partial charge in [-0.2, -0.15) is 4.31 Å². The number of quaternary nitrogens is 1. The van der Waals surface area contributed by atoms with Crippen LogP contribution < -0.4 is 24.0 Å². The summed E-state index contributed by atoms with van der Waals surface area (Å²) in [4.78, 5) is 0. The van der Waals surface area contributed by atoms with Gasteiger partial charge in [0, 0.05) is 7.05 Å². The standard InChI is InChI=1S/C20H45N2O2S.HI/c1-6-7-8-9-10-11-12-13-14-15-16-17-20-25(23,24)21(2)18-19-22(3,4)5;/h6-20H2,1-5H3;1H/q+1;/p-1. The highest BCUT2D eigenvalue weighted by Gasteiger charge is 2.19. The van der Waals surface area contributed by atoms with Crippen LogP contribution >= 0.6 is 0 Å². The lowest BCUT2D eigenvalue weighted by atomic mass is 10.1. The van der Waals surface area contributed by atoms with Crippen molar-refractivity contribution in [3.63, 3.8) is 0 Å². The molecule has 160 valence electrons. The molecule has 0 fully saturated rings. The van der Waals surface area contributed by atoms with E-state index in [1.165, 1.54) is 68.5 Å². The molecule has 0 bridgehead atoms. The van der Waals surface area contributed by atoms with Crippen LogP contribution in [0.25, 0.3) is 0 Å². The third kappa shape index (κ3) is 18.0. The zero-order valence-corrected chi connectivity index (χ0v) is 21.1. The minimum Gasteiger partial charge on any atom is -1.00 e. The molecular weight excluding hydrogens is 459 g/mol.